The van der Waals surface area contributed by atoms with Gasteiger partial charge in [0.25, 0.3) is 0 Å². The Morgan fingerprint density at radius 3 is 2.60 bits per heavy atom. The first-order valence-corrected chi connectivity index (χ1v) is 8.56. The van der Waals surface area contributed by atoms with Crippen molar-refractivity contribution in [3.63, 3.8) is 0 Å². The first kappa shape index (κ1) is 16.0. The van der Waals surface area contributed by atoms with Crippen LogP contribution in [-0.2, 0) is 4.74 Å². The molecule has 0 spiro atoms. The van der Waals surface area contributed by atoms with Crippen molar-refractivity contribution >= 4 is 10.9 Å². The Morgan fingerprint density at radius 1 is 1.04 bits per heavy atom. The van der Waals surface area contributed by atoms with Crippen LogP contribution in [-0.4, -0.2) is 46.4 Å². The molecule has 5 heteroatoms. The number of phenols is 2. The van der Waals surface area contributed by atoms with Gasteiger partial charge in [-0.3, -0.25) is 4.90 Å². The smallest absolute Gasteiger partial charge is 0.162 e. The molecule has 0 radical (unpaired) electrons. The molecule has 1 aromatic heterocycles. The van der Waals surface area contributed by atoms with Gasteiger partial charge in [-0.1, -0.05) is 30.3 Å². The zero-order valence-electron chi connectivity index (χ0n) is 14.2. The summed E-state index contributed by atoms with van der Waals surface area (Å²) in [4.78, 5) is 5.67. The Balaban J connectivity index is 1.90. The predicted octanol–water partition coefficient (Wildman–Crippen LogP) is 3.31. The molecule has 3 aromatic rings. The number of para-hydroxylation sites is 2. The molecule has 1 aliphatic rings. The lowest BCUT2D eigenvalue weighted by Crippen LogP contribution is -2.39. The Labute approximate surface area is 146 Å². The molecule has 1 unspecified atom stereocenters. The van der Waals surface area contributed by atoms with Gasteiger partial charge in [0.2, 0.25) is 0 Å². The minimum atomic E-state index is -0.147. The highest BCUT2D eigenvalue weighted by molar-refractivity contribution is 5.86. The van der Waals surface area contributed by atoms with Crippen LogP contribution in [0.15, 0.2) is 42.6 Å². The van der Waals surface area contributed by atoms with Crippen LogP contribution < -0.4 is 0 Å². The number of H-pyrrole nitrogens is 1. The summed E-state index contributed by atoms with van der Waals surface area (Å²) in [6, 6.07) is 11.2. The normalized spacial score (nSPS) is 17.0. The predicted molar refractivity (Wildman–Crippen MR) is 97.0 cm³/mol. The van der Waals surface area contributed by atoms with E-state index in [0.29, 0.717) is 18.8 Å². The highest BCUT2D eigenvalue weighted by atomic mass is 16.5. The number of rotatable bonds is 3. The van der Waals surface area contributed by atoms with Crippen LogP contribution in [0.5, 0.6) is 11.5 Å². The summed E-state index contributed by atoms with van der Waals surface area (Å²) < 4.78 is 5.50. The summed E-state index contributed by atoms with van der Waals surface area (Å²) in [6.45, 7) is 4.96. The maximum absolute atomic E-state index is 10.5. The molecule has 0 aliphatic carbocycles. The third kappa shape index (κ3) is 2.75. The van der Waals surface area contributed by atoms with E-state index in [0.717, 1.165) is 29.6 Å². The molecule has 0 saturated carbocycles. The Hall–Kier alpha value is -2.50. The molecule has 2 heterocycles. The fourth-order valence-corrected chi connectivity index (χ4v) is 3.72. The average Bonchev–Trinajstić information content (AvgIpc) is 3.05. The van der Waals surface area contributed by atoms with E-state index < -0.39 is 0 Å². The SMILES string of the molecule is Cc1cccc2c(C(c3cccc(O)c3O)N3CCOCC3)c[nH]c12. The lowest BCUT2D eigenvalue weighted by Gasteiger charge is -2.35. The number of ether oxygens (including phenoxy) is 1. The second-order valence-electron chi connectivity index (χ2n) is 6.51. The molecule has 2 aromatic carbocycles. The number of benzene rings is 2. The van der Waals surface area contributed by atoms with Crippen LogP contribution in [0.1, 0.15) is 22.7 Å². The molecule has 130 valence electrons. The quantitative estimate of drug-likeness (QED) is 0.641. The zero-order valence-corrected chi connectivity index (χ0v) is 14.2. The van der Waals surface area contributed by atoms with Gasteiger partial charge in [-0.25, -0.2) is 0 Å². The maximum atomic E-state index is 10.5. The minimum Gasteiger partial charge on any atom is -0.504 e. The van der Waals surface area contributed by atoms with Gasteiger partial charge in [-0.2, -0.15) is 0 Å². The third-order valence-corrected chi connectivity index (χ3v) is 5.00. The number of aromatic hydroxyl groups is 2. The van der Waals surface area contributed by atoms with Crippen LogP contribution in [0.3, 0.4) is 0 Å². The van der Waals surface area contributed by atoms with Crippen molar-refractivity contribution in [3.05, 3.63) is 59.3 Å². The number of aromatic amines is 1. The molecule has 25 heavy (non-hydrogen) atoms. The number of aryl methyl sites for hydroxylation is 1. The number of hydrogen-bond donors (Lipinski definition) is 3. The Bertz CT molecular complexity index is 897. The Kier molecular flexibility index (Phi) is 4.11. The largest absolute Gasteiger partial charge is 0.504 e. The van der Waals surface area contributed by atoms with Gasteiger partial charge in [0.05, 0.1) is 19.3 Å². The number of nitrogens with one attached hydrogen (secondary N) is 1. The van der Waals surface area contributed by atoms with Crippen LogP contribution in [0.2, 0.25) is 0 Å². The second kappa shape index (κ2) is 6.43. The number of phenolic OH excluding ortho intramolecular Hbond substituents is 2. The third-order valence-electron chi connectivity index (χ3n) is 5.00. The van der Waals surface area contributed by atoms with E-state index in [1.165, 1.54) is 11.6 Å². The molecule has 1 fully saturated rings. The van der Waals surface area contributed by atoms with E-state index in [4.69, 9.17) is 4.74 Å². The summed E-state index contributed by atoms with van der Waals surface area (Å²) >= 11 is 0. The van der Waals surface area contributed by atoms with Crippen LogP contribution in [0, 0.1) is 6.92 Å². The molecule has 0 bridgehead atoms. The second-order valence-corrected chi connectivity index (χ2v) is 6.51. The minimum absolute atomic E-state index is 0.0546. The van der Waals surface area contributed by atoms with E-state index in [9.17, 15) is 10.2 Å². The van der Waals surface area contributed by atoms with E-state index in [1.54, 1.807) is 6.07 Å². The zero-order chi connectivity index (χ0) is 17.4. The topological polar surface area (TPSA) is 68.7 Å². The molecular weight excluding hydrogens is 316 g/mol. The molecule has 1 aliphatic heterocycles. The monoisotopic (exact) mass is 338 g/mol. The van der Waals surface area contributed by atoms with Gasteiger partial charge in [-0.05, 0) is 24.1 Å². The van der Waals surface area contributed by atoms with Crippen molar-refractivity contribution in [2.24, 2.45) is 0 Å². The number of morpholine rings is 1. The molecule has 0 amide bonds. The standard InChI is InChI=1S/C20H22N2O3/c1-13-4-2-5-14-16(12-21-18(13)14)19(22-8-10-25-11-9-22)15-6-3-7-17(23)20(15)24/h2-7,12,19,21,23-24H,8-11H2,1H3. The van der Waals surface area contributed by atoms with Crippen molar-refractivity contribution in [3.8, 4) is 11.5 Å². The van der Waals surface area contributed by atoms with E-state index in [-0.39, 0.29) is 17.5 Å². The number of fused-ring (bicyclic) bond motifs is 1. The van der Waals surface area contributed by atoms with Crippen molar-refractivity contribution in [2.75, 3.05) is 26.3 Å². The summed E-state index contributed by atoms with van der Waals surface area (Å²) in [5, 5.41) is 21.6. The van der Waals surface area contributed by atoms with Gasteiger partial charge in [0.1, 0.15) is 0 Å². The van der Waals surface area contributed by atoms with Gasteiger partial charge in [0.15, 0.2) is 11.5 Å². The van der Waals surface area contributed by atoms with Crippen LogP contribution in [0.4, 0.5) is 0 Å². The van der Waals surface area contributed by atoms with E-state index in [1.807, 2.05) is 18.3 Å². The molecule has 1 atom stereocenters. The molecule has 4 rings (SSSR count). The fourth-order valence-electron chi connectivity index (χ4n) is 3.72. The molecular formula is C20H22N2O3. The van der Waals surface area contributed by atoms with Gasteiger partial charge >= 0.3 is 0 Å². The highest BCUT2D eigenvalue weighted by Crippen LogP contribution is 2.41. The number of aromatic nitrogens is 1. The molecule has 5 nitrogen and oxygen atoms in total. The fraction of sp³-hybridized carbons (Fsp3) is 0.300. The highest BCUT2D eigenvalue weighted by Gasteiger charge is 2.29. The maximum Gasteiger partial charge on any atom is 0.162 e. The van der Waals surface area contributed by atoms with Crippen LogP contribution in [0.25, 0.3) is 10.9 Å². The van der Waals surface area contributed by atoms with Gasteiger partial charge in [0, 0.05) is 35.8 Å². The van der Waals surface area contributed by atoms with Crippen molar-refractivity contribution in [1.29, 1.82) is 0 Å². The number of hydrogen-bond acceptors (Lipinski definition) is 4. The lowest BCUT2D eigenvalue weighted by molar-refractivity contribution is 0.0237. The van der Waals surface area contributed by atoms with Crippen molar-refractivity contribution in [1.82, 2.24) is 9.88 Å². The van der Waals surface area contributed by atoms with E-state index >= 15 is 0 Å². The molecule has 3 N–H and O–H groups in total. The summed E-state index contributed by atoms with van der Waals surface area (Å²) in [5.41, 5.74) is 4.10. The number of nitrogens with zero attached hydrogens (tertiary/aromatic N) is 1. The summed E-state index contributed by atoms with van der Waals surface area (Å²) in [6.07, 6.45) is 2.02. The first-order chi connectivity index (χ1) is 12.2. The van der Waals surface area contributed by atoms with Crippen molar-refractivity contribution < 1.29 is 14.9 Å². The summed E-state index contributed by atoms with van der Waals surface area (Å²) in [7, 11) is 0. The van der Waals surface area contributed by atoms with Crippen molar-refractivity contribution in [2.45, 2.75) is 13.0 Å². The average molecular weight is 338 g/mol. The Morgan fingerprint density at radius 2 is 1.80 bits per heavy atom. The van der Waals surface area contributed by atoms with Crippen LogP contribution >= 0.6 is 0 Å². The summed E-state index contributed by atoms with van der Waals surface area (Å²) in [5.74, 6) is -0.146. The first-order valence-electron chi connectivity index (χ1n) is 8.56. The van der Waals surface area contributed by atoms with Gasteiger partial charge in [-0.15, -0.1) is 0 Å². The lowest BCUT2D eigenvalue weighted by atomic mass is 9.94. The molecule has 1 saturated heterocycles. The van der Waals surface area contributed by atoms with E-state index in [2.05, 4.69) is 28.9 Å². The van der Waals surface area contributed by atoms with Gasteiger partial charge < -0.3 is 19.9 Å².